The molecule has 0 saturated carbocycles. The summed E-state index contributed by atoms with van der Waals surface area (Å²) in [5, 5.41) is 0. The molecule has 0 aromatic rings. The van der Waals surface area contributed by atoms with Crippen LogP contribution in [0.4, 0.5) is 0 Å². The third-order valence-corrected chi connectivity index (χ3v) is 5.01. The molecular weight excluding hydrogens is 222 g/mol. The molecule has 5 heteroatoms. The van der Waals surface area contributed by atoms with Gasteiger partial charge in [-0.05, 0) is 26.2 Å². The van der Waals surface area contributed by atoms with Crippen molar-refractivity contribution in [2.75, 3.05) is 19.8 Å². The number of rotatable bonds is 10. The third-order valence-electron chi connectivity index (χ3n) is 2.08. The molecule has 0 amide bonds. The first-order chi connectivity index (χ1) is 7.63. The van der Waals surface area contributed by atoms with Gasteiger partial charge >= 0.3 is 8.80 Å². The quantitative estimate of drug-likeness (QED) is 0.602. The Balaban J connectivity index is 4.46. The van der Waals surface area contributed by atoms with E-state index in [4.69, 9.17) is 19.0 Å². The van der Waals surface area contributed by atoms with Crippen LogP contribution in [0.25, 0.3) is 0 Å². The standard InChI is InChI=1S/C11H27NO3Si/c1-5-8-13-16(11(4)12,14-9-6-2)15-10-7-3/h11H,5-10,12H2,1-4H3. The minimum atomic E-state index is -2.66. The maximum atomic E-state index is 5.98. The molecule has 0 fully saturated rings. The largest absolute Gasteiger partial charge is 0.518 e. The van der Waals surface area contributed by atoms with Crippen molar-refractivity contribution in [1.82, 2.24) is 0 Å². The lowest BCUT2D eigenvalue weighted by Crippen LogP contribution is -2.59. The molecule has 0 aliphatic rings. The van der Waals surface area contributed by atoms with Crippen molar-refractivity contribution in [3.63, 3.8) is 0 Å². The fraction of sp³-hybridized carbons (Fsp3) is 1.00. The maximum absolute atomic E-state index is 5.98. The molecule has 0 heterocycles. The zero-order chi connectivity index (χ0) is 12.4. The van der Waals surface area contributed by atoms with Crippen molar-refractivity contribution in [2.45, 2.75) is 52.6 Å². The molecule has 0 aromatic heterocycles. The number of hydrogen-bond donors (Lipinski definition) is 1. The Morgan fingerprint density at radius 3 is 1.38 bits per heavy atom. The van der Waals surface area contributed by atoms with Crippen LogP contribution in [-0.2, 0) is 13.3 Å². The van der Waals surface area contributed by atoms with Crippen molar-refractivity contribution in [2.24, 2.45) is 5.73 Å². The summed E-state index contributed by atoms with van der Waals surface area (Å²) in [7, 11) is -2.66. The zero-order valence-corrected chi connectivity index (χ0v) is 12.1. The highest BCUT2D eigenvalue weighted by molar-refractivity contribution is 6.62. The number of nitrogens with two attached hydrogens (primary N) is 1. The molecule has 2 N–H and O–H groups in total. The SMILES string of the molecule is CCCO[Si](OCCC)(OCCC)C(C)N. The molecule has 0 radical (unpaired) electrons. The molecule has 0 aliphatic carbocycles. The Morgan fingerprint density at radius 2 is 1.19 bits per heavy atom. The van der Waals surface area contributed by atoms with Gasteiger partial charge in [-0.25, -0.2) is 0 Å². The van der Waals surface area contributed by atoms with E-state index < -0.39 is 8.80 Å². The number of hydrogen-bond acceptors (Lipinski definition) is 4. The molecule has 16 heavy (non-hydrogen) atoms. The lowest BCUT2D eigenvalue weighted by molar-refractivity contribution is 0.0522. The van der Waals surface area contributed by atoms with E-state index in [1.54, 1.807) is 0 Å². The lowest BCUT2D eigenvalue weighted by Gasteiger charge is -2.32. The molecular formula is C11H27NO3Si. The molecule has 0 saturated heterocycles. The summed E-state index contributed by atoms with van der Waals surface area (Å²) in [6.45, 7) is 10.1. The van der Waals surface area contributed by atoms with Crippen molar-refractivity contribution in [3.8, 4) is 0 Å². The van der Waals surface area contributed by atoms with Crippen LogP contribution < -0.4 is 5.73 Å². The van der Waals surface area contributed by atoms with Gasteiger partial charge in [-0.3, -0.25) is 0 Å². The molecule has 0 aromatic carbocycles. The fourth-order valence-corrected chi connectivity index (χ4v) is 3.76. The molecule has 98 valence electrons. The first-order valence-corrected chi connectivity index (χ1v) is 8.10. The van der Waals surface area contributed by atoms with Crippen LogP contribution in [0, 0.1) is 0 Å². The summed E-state index contributed by atoms with van der Waals surface area (Å²) < 4.78 is 17.4. The Hall–Kier alpha value is 0.0569. The summed E-state index contributed by atoms with van der Waals surface area (Å²) in [5.74, 6) is 0. The monoisotopic (exact) mass is 249 g/mol. The summed E-state index contributed by atoms with van der Waals surface area (Å²) in [4.78, 5) is 0. The first kappa shape index (κ1) is 16.1. The van der Waals surface area contributed by atoms with Gasteiger partial charge in [0, 0.05) is 19.8 Å². The Morgan fingerprint density at radius 1 is 0.875 bits per heavy atom. The highest BCUT2D eigenvalue weighted by atomic mass is 28.4. The van der Waals surface area contributed by atoms with Crippen molar-refractivity contribution < 1.29 is 13.3 Å². The molecule has 0 rings (SSSR count). The van der Waals surface area contributed by atoms with Crippen LogP contribution in [0.15, 0.2) is 0 Å². The average molecular weight is 249 g/mol. The molecule has 4 nitrogen and oxygen atoms in total. The van der Waals surface area contributed by atoms with E-state index in [9.17, 15) is 0 Å². The highest BCUT2D eigenvalue weighted by Gasteiger charge is 2.45. The Bertz CT molecular complexity index is 146. The first-order valence-electron chi connectivity index (χ1n) is 6.30. The van der Waals surface area contributed by atoms with E-state index in [-0.39, 0.29) is 5.67 Å². The van der Waals surface area contributed by atoms with E-state index in [1.807, 2.05) is 6.92 Å². The van der Waals surface area contributed by atoms with E-state index in [0.29, 0.717) is 19.8 Å². The van der Waals surface area contributed by atoms with Crippen LogP contribution in [-0.4, -0.2) is 34.3 Å². The minimum Gasteiger partial charge on any atom is -0.373 e. The van der Waals surface area contributed by atoms with Crippen LogP contribution >= 0.6 is 0 Å². The molecule has 1 atom stereocenters. The molecule has 0 aliphatic heterocycles. The fourth-order valence-electron chi connectivity index (χ4n) is 1.25. The smallest absolute Gasteiger partial charge is 0.373 e. The van der Waals surface area contributed by atoms with Gasteiger partial charge in [0.15, 0.2) is 0 Å². The van der Waals surface area contributed by atoms with Crippen LogP contribution in [0.2, 0.25) is 0 Å². The van der Waals surface area contributed by atoms with Crippen molar-refractivity contribution in [3.05, 3.63) is 0 Å². The summed E-state index contributed by atoms with van der Waals surface area (Å²) in [6, 6.07) is 0. The predicted octanol–water partition coefficient (Wildman–Crippen LogP) is 2.09. The van der Waals surface area contributed by atoms with Crippen LogP contribution in [0.5, 0.6) is 0 Å². The topological polar surface area (TPSA) is 53.7 Å². The summed E-state index contributed by atoms with van der Waals surface area (Å²) in [5.41, 5.74) is 5.81. The minimum absolute atomic E-state index is 0.169. The van der Waals surface area contributed by atoms with Crippen molar-refractivity contribution >= 4 is 8.80 Å². The van der Waals surface area contributed by atoms with Crippen LogP contribution in [0.1, 0.15) is 47.0 Å². The maximum Gasteiger partial charge on any atom is 0.518 e. The molecule has 1 unspecified atom stereocenters. The van der Waals surface area contributed by atoms with Crippen LogP contribution in [0.3, 0.4) is 0 Å². The summed E-state index contributed by atoms with van der Waals surface area (Å²) >= 11 is 0. The second-order valence-corrected chi connectivity index (χ2v) is 6.92. The molecule has 0 bridgehead atoms. The van der Waals surface area contributed by atoms with E-state index in [1.165, 1.54) is 0 Å². The Labute approximate surface area is 101 Å². The van der Waals surface area contributed by atoms with E-state index >= 15 is 0 Å². The third kappa shape index (κ3) is 5.40. The average Bonchev–Trinajstić information content (AvgIpc) is 2.28. The van der Waals surface area contributed by atoms with Gasteiger partial charge in [-0.2, -0.15) is 0 Å². The van der Waals surface area contributed by atoms with Gasteiger partial charge in [-0.1, -0.05) is 20.8 Å². The molecule has 0 spiro atoms. The lowest BCUT2D eigenvalue weighted by atomic mass is 10.5. The Kier molecular flexibility index (Phi) is 9.16. The van der Waals surface area contributed by atoms with Gasteiger partial charge in [0.1, 0.15) is 0 Å². The zero-order valence-electron chi connectivity index (χ0n) is 11.1. The summed E-state index contributed by atoms with van der Waals surface area (Å²) in [6.07, 6.45) is 2.85. The predicted molar refractivity (Wildman–Crippen MR) is 68.1 cm³/mol. The van der Waals surface area contributed by atoms with E-state index in [0.717, 1.165) is 19.3 Å². The van der Waals surface area contributed by atoms with Crippen molar-refractivity contribution in [1.29, 1.82) is 0 Å². The van der Waals surface area contributed by atoms with E-state index in [2.05, 4.69) is 20.8 Å². The van der Waals surface area contributed by atoms with Gasteiger partial charge in [0.25, 0.3) is 0 Å². The second-order valence-electron chi connectivity index (χ2n) is 3.94. The van der Waals surface area contributed by atoms with Gasteiger partial charge in [-0.15, -0.1) is 0 Å². The normalized spacial score (nSPS) is 14.1. The highest BCUT2D eigenvalue weighted by Crippen LogP contribution is 2.15. The second kappa shape index (κ2) is 9.12. The van der Waals surface area contributed by atoms with Gasteiger partial charge in [0.05, 0.1) is 5.67 Å². The van der Waals surface area contributed by atoms with Gasteiger partial charge < -0.3 is 19.0 Å². The van der Waals surface area contributed by atoms with Gasteiger partial charge in [0.2, 0.25) is 0 Å².